The Labute approximate surface area is 213 Å². The molecule has 4 aromatic rings. The van der Waals surface area contributed by atoms with Crippen LogP contribution in [0.2, 0.25) is 0 Å². The molecule has 1 aromatic heterocycles. The zero-order chi connectivity index (χ0) is 24.6. The van der Waals surface area contributed by atoms with Gasteiger partial charge in [0.15, 0.2) is 0 Å². The van der Waals surface area contributed by atoms with E-state index >= 15 is 0 Å². The van der Waals surface area contributed by atoms with E-state index in [2.05, 4.69) is 129 Å². The summed E-state index contributed by atoms with van der Waals surface area (Å²) in [7, 11) is 4.16. The van der Waals surface area contributed by atoms with Gasteiger partial charge in [0.25, 0.3) is 5.01 Å². The molecule has 0 aliphatic heterocycles. The normalized spacial score (nSPS) is 16.9. The van der Waals surface area contributed by atoms with Crippen LogP contribution < -0.4 is 9.47 Å². The first-order valence-corrected chi connectivity index (χ1v) is 13.4. The summed E-state index contributed by atoms with van der Waals surface area (Å²) in [4.78, 5) is 2.14. The summed E-state index contributed by atoms with van der Waals surface area (Å²) < 4.78 is 3.86. The lowest BCUT2D eigenvalue weighted by atomic mass is 9.75. The minimum absolute atomic E-state index is 0.245. The Morgan fingerprint density at radius 1 is 0.943 bits per heavy atom. The van der Waals surface area contributed by atoms with Gasteiger partial charge in [-0.05, 0) is 65.5 Å². The quantitative estimate of drug-likeness (QED) is 0.261. The maximum absolute atomic E-state index is 2.47. The summed E-state index contributed by atoms with van der Waals surface area (Å²) in [5.74, 6) is 0. The summed E-state index contributed by atoms with van der Waals surface area (Å²) in [5.41, 5.74) is 6.87. The van der Waals surface area contributed by atoms with Crippen molar-refractivity contribution in [1.29, 1.82) is 0 Å². The fourth-order valence-electron chi connectivity index (χ4n) is 5.22. The third kappa shape index (κ3) is 4.97. The molecule has 0 radical (unpaired) electrons. The molecule has 1 aliphatic carbocycles. The molecule has 3 heteroatoms. The van der Waals surface area contributed by atoms with E-state index in [4.69, 9.17) is 0 Å². The van der Waals surface area contributed by atoms with Crippen LogP contribution >= 0.6 is 11.3 Å². The molecule has 0 unspecified atom stereocenters. The second-order valence-corrected chi connectivity index (χ2v) is 11.6. The lowest BCUT2D eigenvalue weighted by Crippen LogP contribution is -2.33. The van der Waals surface area contributed by atoms with Crippen LogP contribution in [0, 0.1) is 5.41 Å². The molecule has 0 saturated carbocycles. The van der Waals surface area contributed by atoms with Crippen LogP contribution in [0.3, 0.4) is 0 Å². The van der Waals surface area contributed by atoms with Crippen molar-refractivity contribution in [1.82, 2.24) is 0 Å². The Kier molecular flexibility index (Phi) is 6.37. The summed E-state index contributed by atoms with van der Waals surface area (Å²) >= 11 is 1.92. The molecule has 2 nitrogen and oxygen atoms in total. The van der Waals surface area contributed by atoms with Crippen LogP contribution in [0.1, 0.15) is 44.2 Å². The average molecular weight is 480 g/mol. The fraction of sp³-hybridized carbons (Fsp3) is 0.281. The van der Waals surface area contributed by atoms with E-state index in [1.54, 1.807) is 0 Å². The van der Waals surface area contributed by atoms with Gasteiger partial charge in [0.2, 0.25) is 5.52 Å². The maximum Gasteiger partial charge on any atom is 0.263 e. The molecular formula is C32H35N2S+. The number of hydrogen-bond donors (Lipinski definition) is 0. The van der Waals surface area contributed by atoms with Crippen molar-refractivity contribution in [2.45, 2.75) is 40.2 Å². The number of benzene rings is 3. The van der Waals surface area contributed by atoms with Crippen LogP contribution in [0.25, 0.3) is 33.1 Å². The van der Waals surface area contributed by atoms with Gasteiger partial charge in [0, 0.05) is 37.3 Å². The standard InChI is InChI=1S/C32H35N2S/c1-6-34-29-18-15-26-9-7-8-10-28(26)31(29)35-30(34)20-25-19-24(21-32(2,3)22-25)12-11-23-13-16-27(17-14-23)33(4)5/h7-20H,6,21-22H2,1-5H3/q+1. The zero-order valence-electron chi connectivity index (χ0n) is 21.5. The molecule has 5 rings (SSSR count). The highest BCUT2D eigenvalue weighted by Gasteiger charge is 2.26. The first-order valence-electron chi connectivity index (χ1n) is 12.5. The van der Waals surface area contributed by atoms with Crippen molar-refractivity contribution >= 4 is 50.2 Å². The molecular weight excluding hydrogens is 444 g/mol. The molecule has 0 bridgehead atoms. The molecule has 1 heterocycles. The molecule has 0 N–H and O–H groups in total. The first-order chi connectivity index (χ1) is 16.8. The van der Waals surface area contributed by atoms with Gasteiger partial charge in [-0.2, -0.15) is 4.57 Å². The van der Waals surface area contributed by atoms with Crippen molar-refractivity contribution < 1.29 is 4.57 Å². The summed E-state index contributed by atoms with van der Waals surface area (Å²) in [6.45, 7) is 8.00. The molecule has 0 saturated heterocycles. The second-order valence-electron chi connectivity index (χ2n) is 10.6. The number of thiazole rings is 1. The number of rotatable bonds is 5. The highest BCUT2D eigenvalue weighted by Crippen LogP contribution is 2.40. The van der Waals surface area contributed by atoms with Crippen molar-refractivity contribution in [2.24, 2.45) is 5.41 Å². The second kappa shape index (κ2) is 9.47. The average Bonchev–Trinajstić information content (AvgIpc) is 3.19. The molecule has 0 spiro atoms. The molecule has 0 amide bonds. The van der Waals surface area contributed by atoms with Crippen LogP contribution in [0.5, 0.6) is 0 Å². The van der Waals surface area contributed by atoms with Crippen LogP contribution in [-0.4, -0.2) is 14.1 Å². The number of nitrogens with zero attached hydrogens (tertiary/aromatic N) is 2. The third-order valence-corrected chi connectivity index (χ3v) is 8.06. The van der Waals surface area contributed by atoms with E-state index in [0.717, 1.165) is 19.4 Å². The largest absolute Gasteiger partial charge is 0.378 e. The first kappa shape index (κ1) is 23.6. The van der Waals surface area contributed by atoms with Gasteiger partial charge in [-0.1, -0.05) is 79.8 Å². The smallest absolute Gasteiger partial charge is 0.263 e. The lowest BCUT2D eigenvalue weighted by Gasteiger charge is -2.30. The highest BCUT2D eigenvalue weighted by atomic mass is 32.1. The van der Waals surface area contributed by atoms with Gasteiger partial charge in [0.05, 0.1) is 0 Å². The minimum atomic E-state index is 0.245. The van der Waals surface area contributed by atoms with E-state index < -0.39 is 0 Å². The van der Waals surface area contributed by atoms with Crippen LogP contribution in [0.15, 0.2) is 84.0 Å². The van der Waals surface area contributed by atoms with E-state index in [1.807, 2.05) is 11.3 Å². The van der Waals surface area contributed by atoms with Crippen molar-refractivity contribution in [3.05, 3.63) is 94.5 Å². The Bertz CT molecular complexity index is 1460. The summed E-state index contributed by atoms with van der Waals surface area (Å²) in [6, 6.07) is 22.0. The minimum Gasteiger partial charge on any atom is -0.378 e. The molecule has 1 aliphatic rings. The van der Waals surface area contributed by atoms with E-state index in [-0.39, 0.29) is 5.41 Å². The van der Waals surface area contributed by atoms with Gasteiger partial charge in [-0.15, -0.1) is 0 Å². The SMILES string of the molecule is CC[n+]1c(C=C2C=C(C=Cc3ccc(N(C)C)cc3)CC(C)(C)C2)sc2c3ccccc3ccc21. The maximum atomic E-state index is 2.47. The highest BCUT2D eigenvalue weighted by molar-refractivity contribution is 7.19. The lowest BCUT2D eigenvalue weighted by molar-refractivity contribution is -0.665. The van der Waals surface area contributed by atoms with Gasteiger partial charge >= 0.3 is 0 Å². The fourth-order valence-corrected chi connectivity index (χ4v) is 6.55. The topological polar surface area (TPSA) is 7.12 Å². The number of aryl methyl sites for hydroxylation is 1. The van der Waals surface area contributed by atoms with Crippen LogP contribution in [0.4, 0.5) is 5.69 Å². The van der Waals surface area contributed by atoms with Crippen molar-refractivity contribution in [2.75, 3.05) is 19.0 Å². The molecule has 35 heavy (non-hydrogen) atoms. The Morgan fingerprint density at radius 3 is 2.46 bits per heavy atom. The zero-order valence-corrected chi connectivity index (χ0v) is 22.3. The monoisotopic (exact) mass is 479 g/mol. The number of anilines is 1. The van der Waals surface area contributed by atoms with E-state index in [9.17, 15) is 0 Å². The third-order valence-electron chi connectivity index (χ3n) is 6.88. The van der Waals surface area contributed by atoms with Crippen LogP contribution in [-0.2, 0) is 6.54 Å². The van der Waals surface area contributed by atoms with E-state index in [1.165, 1.54) is 48.4 Å². The van der Waals surface area contributed by atoms with Gasteiger partial charge < -0.3 is 4.90 Å². The molecule has 0 fully saturated rings. The van der Waals surface area contributed by atoms with Gasteiger partial charge in [-0.3, -0.25) is 0 Å². The Hall–Kier alpha value is -3.17. The molecule has 3 aromatic carbocycles. The molecule has 178 valence electrons. The number of aromatic nitrogens is 1. The van der Waals surface area contributed by atoms with Gasteiger partial charge in [-0.25, -0.2) is 0 Å². The predicted molar refractivity (Wildman–Crippen MR) is 154 cm³/mol. The van der Waals surface area contributed by atoms with Crippen molar-refractivity contribution in [3.8, 4) is 0 Å². The summed E-state index contributed by atoms with van der Waals surface area (Å²) in [6.07, 6.45) is 11.6. The summed E-state index contributed by atoms with van der Waals surface area (Å²) in [5, 5.41) is 4.00. The number of hydrogen-bond acceptors (Lipinski definition) is 2. The molecule has 0 atom stereocenters. The number of allylic oxidation sites excluding steroid dienone is 4. The Morgan fingerprint density at radius 2 is 1.71 bits per heavy atom. The predicted octanol–water partition coefficient (Wildman–Crippen LogP) is 8.27. The Balaban J connectivity index is 1.51. The number of fused-ring (bicyclic) bond motifs is 3. The van der Waals surface area contributed by atoms with Gasteiger partial charge in [0.1, 0.15) is 11.2 Å². The van der Waals surface area contributed by atoms with Crippen molar-refractivity contribution in [3.63, 3.8) is 0 Å². The van der Waals surface area contributed by atoms with E-state index in [0.29, 0.717) is 0 Å².